The van der Waals surface area contributed by atoms with Crippen LogP contribution in [0.25, 0.3) is 0 Å². The maximum atomic E-state index is 6.11. The maximum Gasteiger partial charge on any atom is 0.178 e. The van der Waals surface area contributed by atoms with Crippen molar-refractivity contribution < 1.29 is 9.47 Å². The zero-order valence-electron chi connectivity index (χ0n) is 10.1. The Labute approximate surface area is 97.0 Å². The number of rotatable bonds is 0. The van der Waals surface area contributed by atoms with Crippen molar-refractivity contribution in [2.24, 2.45) is 29.1 Å². The van der Waals surface area contributed by atoms with E-state index >= 15 is 0 Å². The summed E-state index contributed by atoms with van der Waals surface area (Å²) in [5, 5.41) is 0. The van der Waals surface area contributed by atoms with Crippen LogP contribution in [0.3, 0.4) is 0 Å². The first-order valence-electron chi connectivity index (χ1n) is 6.66. The summed E-state index contributed by atoms with van der Waals surface area (Å²) in [5.74, 6) is 2.44. The number of ether oxygens (including phenoxy) is 2. The van der Waals surface area contributed by atoms with Crippen molar-refractivity contribution >= 4 is 0 Å². The Morgan fingerprint density at radius 1 is 1.19 bits per heavy atom. The average Bonchev–Trinajstić information content (AvgIpc) is 2.85. The van der Waals surface area contributed by atoms with Crippen LogP contribution in [-0.2, 0) is 9.47 Å². The molecule has 1 saturated heterocycles. The topological polar surface area (TPSA) is 18.5 Å². The maximum absolute atomic E-state index is 6.11. The van der Waals surface area contributed by atoms with Crippen molar-refractivity contribution in [1.82, 2.24) is 0 Å². The van der Waals surface area contributed by atoms with E-state index in [0.29, 0.717) is 17.3 Å². The molecule has 2 heteroatoms. The minimum absolute atomic E-state index is 0.246. The molecule has 0 radical (unpaired) electrons. The second-order valence-corrected chi connectivity index (χ2v) is 6.31. The van der Waals surface area contributed by atoms with E-state index in [-0.39, 0.29) is 5.79 Å². The molecule has 2 nitrogen and oxygen atoms in total. The number of allylic oxidation sites excluding steroid dienone is 1. The second kappa shape index (κ2) is 2.73. The van der Waals surface area contributed by atoms with E-state index in [1.807, 2.05) is 0 Å². The Kier molecular flexibility index (Phi) is 1.65. The highest BCUT2D eigenvalue weighted by molar-refractivity contribution is 5.31. The summed E-state index contributed by atoms with van der Waals surface area (Å²) in [7, 11) is 0. The van der Waals surface area contributed by atoms with Gasteiger partial charge in [-0.3, -0.25) is 0 Å². The summed E-state index contributed by atoms with van der Waals surface area (Å²) in [6.07, 6.45) is 7.45. The van der Waals surface area contributed by atoms with E-state index in [1.165, 1.54) is 12.8 Å². The lowest BCUT2D eigenvalue weighted by atomic mass is 9.65. The lowest BCUT2D eigenvalue weighted by Crippen LogP contribution is -2.46. The van der Waals surface area contributed by atoms with Gasteiger partial charge in [-0.1, -0.05) is 26.0 Å². The molecular weight excluding hydrogens is 200 g/mol. The standard InChI is InChI=1S/C14H20O2/c1-9-3-4-10-12(9)14(15-7-8-16-14)11-5-6-13(10,11)2/h5-6,9-12H,3-4,7-8H2,1-2H3/t9-,10+,11-,12-,13-/m0/s1. The van der Waals surface area contributed by atoms with Gasteiger partial charge in [-0.15, -0.1) is 0 Å². The molecule has 1 aliphatic heterocycles. The summed E-state index contributed by atoms with van der Waals surface area (Å²) in [6.45, 7) is 6.37. The van der Waals surface area contributed by atoms with Gasteiger partial charge in [0.2, 0.25) is 0 Å². The van der Waals surface area contributed by atoms with Gasteiger partial charge in [-0.25, -0.2) is 0 Å². The fraction of sp³-hybridized carbons (Fsp3) is 0.857. The molecule has 2 saturated carbocycles. The molecule has 0 aromatic carbocycles. The van der Waals surface area contributed by atoms with Crippen LogP contribution in [0.2, 0.25) is 0 Å². The summed E-state index contributed by atoms with van der Waals surface area (Å²) in [4.78, 5) is 0. The van der Waals surface area contributed by atoms with Gasteiger partial charge in [0.1, 0.15) is 0 Å². The number of hydrogen-bond donors (Lipinski definition) is 0. The van der Waals surface area contributed by atoms with E-state index in [1.54, 1.807) is 0 Å². The van der Waals surface area contributed by atoms with Crippen molar-refractivity contribution in [3.05, 3.63) is 12.2 Å². The Bertz CT molecular complexity index is 356. The second-order valence-electron chi connectivity index (χ2n) is 6.31. The molecule has 3 fully saturated rings. The smallest absolute Gasteiger partial charge is 0.178 e. The van der Waals surface area contributed by atoms with Gasteiger partial charge >= 0.3 is 0 Å². The lowest BCUT2D eigenvalue weighted by molar-refractivity contribution is -0.215. The molecule has 0 N–H and O–H groups in total. The fourth-order valence-electron chi connectivity index (χ4n) is 5.01. The Hall–Kier alpha value is -0.340. The van der Waals surface area contributed by atoms with Crippen molar-refractivity contribution in [3.63, 3.8) is 0 Å². The van der Waals surface area contributed by atoms with Gasteiger partial charge in [-0.05, 0) is 24.7 Å². The third-order valence-corrected chi connectivity index (χ3v) is 5.73. The van der Waals surface area contributed by atoms with Crippen LogP contribution >= 0.6 is 0 Å². The SMILES string of the molecule is C[C@H]1CC[C@@H]2[C@H]1C1(OCCO1)[C@H]1C=C[C@@]21C. The van der Waals surface area contributed by atoms with Gasteiger partial charge in [0.05, 0.1) is 13.2 Å². The van der Waals surface area contributed by atoms with Crippen molar-refractivity contribution in [2.75, 3.05) is 13.2 Å². The van der Waals surface area contributed by atoms with E-state index in [9.17, 15) is 0 Å². The first kappa shape index (κ1) is 9.67. The quantitative estimate of drug-likeness (QED) is 0.584. The molecule has 4 aliphatic rings. The van der Waals surface area contributed by atoms with Crippen LogP contribution in [0.15, 0.2) is 12.2 Å². The normalized spacial score (nSPS) is 56.4. The molecule has 0 unspecified atom stereocenters. The molecule has 0 bridgehead atoms. The van der Waals surface area contributed by atoms with Gasteiger partial charge in [0.25, 0.3) is 0 Å². The molecule has 4 rings (SSSR count). The molecular formula is C14H20O2. The average molecular weight is 220 g/mol. The summed E-state index contributed by atoms with van der Waals surface area (Å²) in [6, 6.07) is 0. The molecule has 16 heavy (non-hydrogen) atoms. The molecule has 0 amide bonds. The highest BCUT2D eigenvalue weighted by Gasteiger charge is 2.71. The predicted molar refractivity (Wildman–Crippen MR) is 60.8 cm³/mol. The first-order valence-corrected chi connectivity index (χ1v) is 6.66. The molecule has 3 aliphatic carbocycles. The van der Waals surface area contributed by atoms with Crippen LogP contribution in [-0.4, -0.2) is 19.0 Å². The summed E-state index contributed by atoms with van der Waals surface area (Å²) < 4.78 is 12.2. The van der Waals surface area contributed by atoms with Crippen LogP contribution in [0.4, 0.5) is 0 Å². The number of fused-ring (bicyclic) bond motifs is 5. The zero-order valence-corrected chi connectivity index (χ0v) is 10.1. The monoisotopic (exact) mass is 220 g/mol. The minimum atomic E-state index is -0.246. The number of hydrogen-bond acceptors (Lipinski definition) is 2. The highest BCUT2D eigenvalue weighted by Crippen LogP contribution is 2.70. The minimum Gasteiger partial charge on any atom is -0.347 e. The molecule has 5 atom stereocenters. The Morgan fingerprint density at radius 3 is 2.56 bits per heavy atom. The van der Waals surface area contributed by atoms with Crippen molar-refractivity contribution in [1.29, 1.82) is 0 Å². The molecule has 88 valence electrons. The fourth-order valence-corrected chi connectivity index (χ4v) is 5.01. The molecule has 1 heterocycles. The van der Waals surface area contributed by atoms with E-state index in [4.69, 9.17) is 9.47 Å². The molecule has 0 aromatic heterocycles. The van der Waals surface area contributed by atoms with Crippen molar-refractivity contribution in [3.8, 4) is 0 Å². The van der Waals surface area contributed by atoms with Crippen molar-refractivity contribution in [2.45, 2.75) is 32.5 Å². The zero-order chi connectivity index (χ0) is 11.0. The van der Waals surface area contributed by atoms with Crippen LogP contribution in [0, 0.1) is 29.1 Å². The van der Waals surface area contributed by atoms with Gasteiger partial charge in [0, 0.05) is 17.3 Å². The third kappa shape index (κ3) is 0.820. The van der Waals surface area contributed by atoms with Crippen LogP contribution in [0.5, 0.6) is 0 Å². The lowest BCUT2D eigenvalue weighted by Gasteiger charge is -2.43. The molecule has 0 aromatic rings. The van der Waals surface area contributed by atoms with Gasteiger partial charge in [0.15, 0.2) is 5.79 Å². The third-order valence-electron chi connectivity index (χ3n) is 5.73. The van der Waals surface area contributed by atoms with Crippen LogP contribution in [0.1, 0.15) is 26.7 Å². The largest absolute Gasteiger partial charge is 0.347 e. The first-order chi connectivity index (χ1) is 7.68. The van der Waals surface area contributed by atoms with E-state index in [0.717, 1.165) is 25.0 Å². The van der Waals surface area contributed by atoms with E-state index in [2.05, 4.69) is 26.0 Å². The summed E-state index contributed by atoms with van der Waals surface area (Å²) >= 11 is 0. The summed E-state index contributed by atoms with van der Waals surface area (Å²) in [5.41, 5.74) is 0.361. The Balaban J connectivity index is 1.84. The predicted octanol–water partition coefficient (Wildman–Crippen LogP) is 2.60. The van der Waals surface area contributed by atoms with E-state index < -0.39 is 0 Å². The highest BCUT2D eigenvalue weighted by atomic mass is 16.7. The molecule has 1 spiro atoms. The van der Waals surface area contributed by atoms with Gasteiger partial charge < -0.3 is 9.47 Å². The Morgan fingerprint density at radius 2 is 1.94 bits per heavy atom. The van der Waals surface area contributed by atoms with Gasteiger partial charge in [-0.2, -0.15) is 0 Å². The van der Waals surface area contributed by atoms with Crippen LogP contribution < -0.4 is 0 Å².